The van der Waals surface area contributed by atoms with Gasteiger partial charge >= 0.3 is 0 Å². The number of rotatable bonds is 0. The molecule has 84 valence electrons. The molecule has 2 N–H and O–H groups in total. The van der Waals surface area contributed by atoms with Gasteiger partial charge in [-0.15, -0.1) is 0 Å². The molecule has 0 amide bonds. The van der Waals surface area contributed by atoms with Gasteiger partial charge in [0.1, 0.15) is 0 Å². The molecule has 1 aliphatic rings. The molecule has 1 saturated carbocycles. The van der Waals surface area contributed by atoms with Crippen molar-refractivity contribution in [3.63, 3.8) is 0 Å². The molecule has 0 radical (unpaired) electrons. The Hall–Kier alpha value is -0.0400. The van der Waals surface area contributed by atoms with Crippen molar-refractivity contribution in [3.8, 4) is 0 Å². The van der Waals surface area contributed by atoms with Crippen molar-refractivity contribution in [2.45, 2.75) is 77.2 Å². The van der Waals surface area contributed by atoms with Crippen molar-refractivity contribution in [3.05, 3.63) is 0 Å². The Labute approximate surface area is 89.5 Å². The molecule has 14 heavy (non-hydrogen) atoms. The molecule has 0 saturated heterocycles. The largest absolute Gasteiger partial charge is 0.328 e. The fraction of sp³-hybridized carbons (Fsp3) is 1.00. The maximum Gasteiger partial charge on any atom is 0.00413 e. The van der Waals surface area contributed by atoms with Crippen molar-refractivity contribution < 1.29 is 0 Å². The average molecular weight is 197 g/mol. The van der Waals surface area contributed by atoms with Crippen LogP contribution in [0.3, 0.4) is 0 Å². The highest BCUT2D eigenvalue weighted by Crippen LogP contribution is 2.19. The van der Waals surface area contributed by atoms with Crippen LogP contribution in [0.1, 0.15) is 71.1 Å². The van der Waals surface area contributed by atoms with Crippen LogP contribution >= 0.6 is 0 Å². The lowest BCUT2D eigenvalue weighted by molar-refractivity contribution is 0.387. The lowest BCUT2D eigenvalue weighted by Gasteiger charge is -2.18. The molecule has 0 aromatic heterocycles. The molecular formula is C13H27N. The van der Waals surface area contributed by atoms with Crippen molar-refractivity contribution >= 4 is 0 Å². The van der Waals surface area contributed by atoms with Gasteiger partial charge < -0.3 is 5.73 Å². The Morgan fingerprint density at radius 3 is 1.93 bits per heavy atom. The summed E-state index contributed by atoms with van der Waals surface area (Å²) in [6.07, 6.45) is 13.9. The van der Waals surface area contributed by atoms with Crippen LogP contribution in [0.5, 0.6) is 0 Å². The van der Waals surface area contributed by atoms with E-state index in [1.54, 1.807) is 0 Å². The SMILES string of the molecule is CC1CCCCCCCCCC(N)C1. The molecule has 2 atom stereocenters. The molecule has 0 aromatic carbocycles. The summed E-state index contributed by atoms with van der Waals surface area (Å²) in [6.45, 7) is 2.37. The monoisotopic (exact) mass is 197 g/mol. The minimum Gasteiger partial charge on any atom is -0.328 e. The first kappa shape index (κ1) is 12.0. The van der Waals surface area contributed by atoms with E-state index in [0.717, 1.165) is 5.92 Å². The Morgan fingerprint density at radius 1 is 0.786 bits per heavy atom. The van der Waals surface area contributed by atoms with E-state index in [1.807, 2.05) is 0 Å². The summed E-state index contributed by atoms with van der Waals surface area (Å²) in [4.78, 5) is 0. The highest BCUT2D eigenvalue weighted by molar-refractivity contribution is 4.67. The van der Waals surface area contributed by atoms with E-state index in [4.69, 9.17) is 5.73 Å². The smallest absolute Gasteiger partial charge is 0.00413 e. The minimum atomic E-state index is 0.476. The molecule has 2 unspecified atom stereocenters. The van der Waals surface area contributed by atoms with E-state index in [0.29, 0.717) is 6.04 Å². The third-order valence-electron chi connectivity index (χ3n) is 3.48. The lowest BCUT2D eigenvalue weighted by atomic mass is 9.92. The molecule has 0 aliphatic heterocycles. The third kappa shape index (κ3) is 5.64. The molecule has 1 aliphatic carbocycles. The Bertz CT molecular complexity index is 119. The second kappa shape index (κ2) is 7.28. The van der Waals surface area contributed by atoms with E-state index in [9.17, 15) is 0 Å². The van der Waals surface area contributed by atoms with Crippen LogP contribution in [-0.2, 0) is 0 Å². The predicted octanol–water partition coefficient (Wildman–Crippen LogP) is 3.86. The van der Waals surface area contributed by atoms with Gasteiger partial charge in [-0.05, 0) is 18.8 Å². The van der Waals surface area contributed by atoms with Gasteiger partial charge in [0.25, 0.3) is 0 Å². The molecule has 1 rings (SSSR count). The predicted molar refractivity (Wildman–Crippen MR) is 63.3 cm³/mol. The summed E-state index contributed by atoms with van der Waals surface area (Å²) in [7, 11) is 0. The molecule has 0 bridgehead atoms. The first-order valence-corrected chi connectivity index (χ1v) is 6.54. The highest BCUT2D eigenvalue weighted by atomic mass is 14.6. The number of hydrogen-bond acceptors (Lipinski definition) is 1. The fourth-order valence-corrected chi connectivity index (χ4v) is 2.54. The molecule has 0 spiro atoms. The molecule has 1 heteroatoms. The maximum atomic E-state index is 6.11. The van der Waals surface area contributed by atoms with Crippen LogP contribution < -0.4 is 5.73 Å². The van der Waals surface area contributed by atoms with Gasteiger partial charge in [-0.1, -0.05) is 58.3 Å². The lowest BCUT2D eigenvalue weighted by Crippen LogP contribution is -2.22. The molecule has 1 fully saturated rings. The van der Waals surface area contributed by atoms with E-state index < -0.39 is 0 Å². The number of nitrogens with two attached hydrogens (primary N) is 1. The highest BCUT2D eigenvalue weighted by Gasteiger charge is 2.09. The summed E-state index contributed by atoms with van der Waals surface area (Å²) in [5.74, 6) is 0.851. The van der Waals surface area contributed by atoms with Crippen molar-refractivity contribution in [2.75, 3.05) is 0 Å². The zero-order chi connectivity index (χ0) is 10.2. The van der Waals surface area contributed by atoms with Gasteiger partial charge in [0, 0.05) is 6.04 Å². The van der Waals surface area contributed by atoms with Crippen molar-refractivity contribution in [1.29, 1.82) is 0 Å². The summed E-state index contributed by atoms with van der Waals surface area (Å²) >= 11 is 0. The normalized spacial score (nSPS) is 33.0. The number of hydrogen-bond donors (Lipinski definition) is 1. The minimum absolute atomic E-state index is 0.476. The van der Waals surface area contributed by atoms with E-state index in [1.165, 1.54) is 64.2 Å². The summed E-state index contributed by atoms with van der Waals surface area (Å²) in [6, 6.07) is 0.476. The zero-order valence-electron chi connectivity index (χ0n) is 9.80. The van der Waals surface area contributed by atoms with Crippen LogP contribution in [0.4, 0.5) is 0 Å². The Balaban J connectivity index is 2.22. The van der Waals surface area contributed by atoms with E-state index in [2.05, 4.69) is 6.92 Å². The Kier molecular flexibility index (Phi) is 6.25. The quantitative estimate of drug-likeness (QED) is 0.627. The molecular weight excluding hydrogens is 170 g/mol. The van der Waals surface area contributed by atoms with Gasteiger partial charge in [0.15, 0.2) is 0 Å². The molecule has 0 heterocycles. The van der Waals surface area contributed by atoms with E-state index >= 15 is 0 Å². The zero-order valence-corrected chi connectivity index (χ0v) is 9.80. The summed E-state index contributed by atoms with van der Waals surface area (Å²) < 4.78 is 0. The van der Waals surface area contributed by atoms with Gasteiger partial charge in [-0.2, -0.15) is 0 Å². The Morgan fingerprint density at radius 2 is 1.29 bits per heavy atom. The maximum absolute atomic E-state index is 6.11. The van der Waals surface area contributed by atoms with Gasteiger partial charge in [0.05, 0.1) is 0 Å². The van der Waals surface area contributed by atoms with Crippen LogP contribution in [-0.4, -0.2) is 6.04 Å². The molecule has 1 nitrogen and oxygen atoms in total. The topological polar surface area (TPSA) is 26.0 Å². The van der Waals surface area contributed by atoms with Gasteiger partial charge in [-0.3, -0.25) is 0 Å². The van der Waals surface area contributed by atoms with Gasteiger partial charge in [0.2, 0.25) is 0 Å². The van der Waals surface area contributed by atoms with E-state index in [-0.39, 0.29) is 0 Å². The molecule has 0 aromatic rings. The van der Waals surface area contributed by atoms with Crippen LogP contribution in [0.15, 0.2) is 0 Å². The summed E-state index contributed by atoms with van der Waals surface area (Å²) in [5, 5.41) is 0. The van der Waals surface area contributed by atoms with Crippen LogP contribution in [0.25, 0.3) is 0 Å². The second-order valence-electron chi connectivity index (χ2n) is 5.15. The average Bonchev–Trinajstić information content (AvgIpc) is 2.13. The second-order valence-corrected chi connectivity index (χ2v) is 5.15. The van der Waals surface area contributed by atoms with Crippen LogP contribution in [0.2, 0.25) is 0 Å². The van der Waals surface area contributed by atoms with Crippen LogP contribution in [0, 0.1) is 5.92 Å². The first-order valence-electron chi connectivity index (χ1n) is 6.54. The first-order chi connectivity index (χ1) is 6.79. The van der Waals surface area contributed by atoms with Crippen molar-refractivity contribution in [1.82, 2.24) is 0 Å². The third-order valence-corrected chi connectivity index (χ3v) is 3.48. The summed E-state index contributed by atoms with van der Waals surface area (Å²) in [5.41, 5.74) is 6.11. The van der Waals surface area contributed by atoms with Crippen molar-refractivity contribution in [2.24, 2.45) is 11.7 Å². The van der Waals surface area contributed by atoms with Gasteiger partial charge in [-0.25, -0.2) is 0 Å². The standard InChI is InChI=1S/C13H27N/c1-12-9-7-5-3-2-4-6-8-10-13(14)11-12/h12-13H,2-11,14H2,1H3. The fourth-order valence-electron chi connectivity index (χ4n) is 2.54.